The summed E-state index contributed by atoms with van der Waals surface area (Å²) >= 11 is 0. The van der Waals surface area contributed by atoms with E-state index in [0.29, 0.717) is 16.7 Å². The van der Waals surface area contributed by atoms with Crippen LogP contribution in [0.25, 0.3) is 0 Å². The van der Waals surface area contributed by atoms with Crippen LogP contribution in [0.2, 0.25) is 0 Å². The fourth-order valence-corrected chi connectivity index (χ4v) is 3.37. The van der Waals surface area contributed by atoms with Crippen LogP contribution >= 0.6 is 0 Å². The number of nitrogens with zero attached hydrogens (tertiary/aromatic N) is 1. The van der Waals surface area contributed by atoms with Gasteiger partial charge in [-0.2, -0.15) is 0 Å². The first-order valence-electron chi connectivity index (χ1n) is 9.42. The van der Waals surface area contributed by atoms with Crippen molar-refractivity contribution in [2.75, 3.05) is 13.2 Å². The molecule has 0 spiro atoms. The maximum Gasteiger partial charge on any atom is 0.308 e. The molecule has 1 aliphatic heterocycles. The lowest BCUT2D eigenvalue weighted by molar-refractivity contribution is -0.142. The van der Waals surface area contributed by atoms with E-state index in [1.165, 1.54) is 0 Å². The van der Waals surface area contributed by atoms with E-state index in [4.69, 9.17) is 4.74 Å². The van der Waals surface area contributed by atoms with Gasteiger partial charge in [0.15, 0.2) is 6.61 Å². The zero-order chi connectivity index (χ0) is 21.3. The van der Waals surface area contributed by atoms with Gasteiger partial charge in [0.2, 0.25) is 5.78 Å². The average Bonchev–Trinajstić information content (AvgIpc) is 2.90. The molecular weight excluding hydrogens is 370 g/mol. The largest absolute Gasteiger partial charge is 0.457 e. The monoisotopic (exact) mass is 393 g/mol. The fourth-order valence-electron chi connectivity index (χ4n) is 3.37. The molecule has 0 radical (unpaired) electrons. The van der Waals surface area contributed by atoms with E-state index in [-0.39, 0.29) is 25.4 Å². The van der Waals surface area contributed by atoms with Crippen LogP contribution in [0, 0.1) is 27.7 Å². The molecule has 0 bridgehead atoms. The molecule has 6 heteroatoms. The topological polar surface area (TPSA) is 80.8 Å². The predicted molar refractivity (Wildman–Crippen MR) is 107 cm³/mol. The first kappa shape index (κ1) is 20.5. The van der Waals surface area contributed by atoms with Crippen LogP contribution in [-0.4, -0.2) is 41.6 Å². The number of fused-ring (bicyclic) bond motifs is 1. The van der Waals surface area contributed by atoms with Gasteiger partial charge in [-0.3, -0.25) is 24.1 Å². The van der Waals surface area contributed by atoms with Gasteiger partial charge in [-0.1, -0.05) is 17.7 Å². The van der Waals surface area contributed by atoms with Crippen molar-refractivity contribution < 1.29 is 23.9 Å². The van der Waals surface area contributed by atoms with Gasteiger partial charge in [-0.15, -0.1) is 0 Å². The van der Waals surface area contributed by atoms with E-state index in [1.54, 1.807) is 24.3 Å². The number of rotatable bonds is 6. The van der Waals surface area contributed by atoms with E-state index in [2.05, 4.69) is 0 Å². The lowest BCUT2D eigenvalue weighted by Crippen LogP contribution is -2.32. The molecule has 2 aromatic rings. The molecule has 0 aromatic heterocycles. The molecule has 0 aliphatic carbocycles. The Morgan fingerprint density at radius 3 is 2.24 bits per heavy atom. The van der Waals surface area contributed by atoms with E-state index in [0.717, 1.165) is 27.2 Å². The number of ether oxygens (including phenoxy) is 1. The lowest BCUT2D eigenvalue weighted by Gasteiger charge is -2.13. The van der Waals surface area contributed by atoms with Gasteiger partial charge >= 0.3 is 5.97 Å². The molecule has 2 aromatic carbocycles. The second kappa shape index (κ2) is 7.99. The van der Waals surface area contributed by atoms with Crippen molar-refractivity contribution in [3.05, 3.63) is 69.3 Å². The van der Waals surface area contributed by atoms with Gasteiger partial charge in [0.25, 0.3) is 11.8 Å². The first-order valence-corrected chi connectivity index (χ1v) is 9.42. The second-order valence-electron chi connectivity index (χ2n) is 7.40. The van der Waals surface area contributed by atoms with Gasteiger partial charge in [0.05, 0.1) is 17.5 Å². The third kappa shape index (κ3) is 4.11. The Kier molecular flexibility index (Phi) is 5.64. The molecule has 0 atom stereocenters. The maximum atomic E-state index is 12.4. The number of ketones is 1. The van der Waals surface area contributed by atoms with Gasteiger partial charge in [-0.25, -0.2) is 0 Å². The highest BCUT2D eigenvalue weighted by Gasteiger charge is 2.35. The Morgan fingerprint density at radius 1 is 0.862 bits per heavy atom. The summed E-state index contributed by atoms with van der Waals surface area (Å²) in [5.74, 6) is -1.74. The van der Waals surface area contributed by atoms with Crippen LogP contribution in [-0.2, 0) is 9.53 Å². The summed E-state index contributed by atoms with van der Waals surface area (Å²) in [6, 6.07) is 8.77. The third-order valence-corrected chi connectivity index (χ3v) is 5.17. The Balaban J connectivity index is 1.56. The van der Waals surface area contributed by atoms with E-state index >= 15 is 0 Å². The van der Waals surface area contributed by atoms with Crippen molar-refractivity contribution in [3.63, 3.8) is 0 Å². The van der Waals surface area contributed by atoms with Crippen molar-refractivity contribution in [3.8, 4) is 0 Å². The molecule has 0 saturated heterocycles. The molecule has 0 saturated carbocycles. The number of hydrogen-bond donors (Lipinski definition) is 0. The molecule has 1 heterocycles. The minimum absolute atomic E-state index is 0.0823. The zero-order valence-corrected chi connectivity index (χ0v) is 17.0. The van der Waals surface area contributed by atoms with Crippen LogP contribution in [0.15, 0.2) is 30.3 Å². The number of amides is 2. The van der Waals surface area contributed by atoms with Crippen molar-refractivity contribution >= 4 is 23.6 Å². The number of carbonyl (C=O) groups is 4. The highest BCUT2D eigenvalue weighted by atomic mass is 16.5. The molecule has 2 amide bonds. The van der Waals surface area contributed by atoms with Crippen LogP contribution in [0.1, 0.15) is 59.7 Å². The number of carbonyl (C=O) groups excluding carboxylic acids is 4. The summed E-state index contributed by atoms with van der Waals surface area (Å²) in [5.41, 5.74) is 5.01. The molecule has 1 aliphatic rings. The SMILES string of the molecule is Cc1ccc2c(c1)C(=O)N(CCC(=O)OCC(=O)c1cc(C)c(C)cc1C)C2=O. The second-order valence-corrected chi connectivity index (χ2v) is 7.40. The highest BCUT2D eigenvalue weighted by Crippen LogP contribution is 2.24. The molecule has 0 fully saturated rings. The maximum absolute atomic E-state index is 12.4. The Bertz CT molecular complexity index is 1040. The normalized spacial score (nSPS) is 12.9. The van der Waals surface area contributed by atoms with Crippen molar-refractivity contribution in [1.82, 2.24) is 4.90 Å². The Labute approximate surface area is 169 Å². The highest BCUT2D eigenvalue weighted by molar-refractivity contribution is 6.21. The van der Waals surface area contributed by atoms with Crippen LogP contribution < -0.4 is 0 Å². The number of hydrogen-bond acceptors (Lipinski definition) is 5. The smallest absolute Gasteiger partial charge is 0.308 e. The molecule has 29 heavy (non-hydrogen) atoms. The van der Waals surface area contributed by atoms with Crippen molar-refractivity contribution in [1.29, 1.82) is 0 Å². The van der Waals surface area contributed by atoms with E-state index in [9.17, 15) is 19.2 Å². The summed E-state index contributed by atoms with van der Waals surface area (Å²) in [4.78, 5) is 50.3. The Hall–Kier alpha value is -3.28. The van der Waals surface area contributed by atoms with Crippen LogP contribution in [0.5, 0.6) is 0 Å². The molecular formula is C23H23NO5. The molecule has 6 nitrogen and oxygen atoms in total. The average molecular weight is 393 g/mol. The minimum atomic E-state index is -0.632. The molecule has 0 N–H and O–H groups in total. The number of Topliss-reactive ketones (excluding diaryl/α,β-unsaturated/α-hetero) is 1. The van der Waals surface area contributed by atoms with Gasteiger partial charge < -0.3 is 4.74 Å². The number of benzene rings is 2. The molecule has 150 valence electrons. The summed E-state index contributed by atoms with van der Waals surface area (Å²) in [7, 11) is 0. The number of esters is 1. The summed E-state index contributed by atoms with van der Waals surface area (Å²) in [6.45, 7) is 7.11. The van der Waals surface area contributed by atoms with Gasteiger partial charge in [-0.05, 0) is 62.6 Å². The Morgan fingerprint density at radius 2 is 1.52 bits per heavy atom. The standard InChI is InChI=1S/C23H23NO5/c1-13-5-6-17-19(9-13)23(28)24(22(17)27)8-7-21(26)29-12-20(25)18-11-15(3)14(2)10-16(18)4/h5-6,9-11H,7-8,12H2,1-4H3. The minimum Gasteiger partial charge on any atom is -0.457 e. The molecule has 3 rings (SSSR count). The van der Waals surface area contributed by atoms with Crippen LogP contribution in [0.3, 0.4) is 0 Å². The molecule has 0 unspecified atom stereocenters. The number of imide groups is 1. The summed E-state index contributed by atoms with van der Waals surface area (Å²) in [6.07, 6.45) is -0.163. The van der Waals surface area contributed by atoms with Crippen molar-refractivity contribution in [2.24, 2.45) is 0 Å². The fraction of sp³-hybridized carbons (Fsp3) is 0.304. The van der Waals surface area contributed by atoms with Crippen molar-refractivity contribution in [2.45, 2.75) is 34.1 Å². The predicted octanol–water partition coefficient (Wildman–Crippen LogP) is 3.33. The van der Waals surface area contributed by atoms with Crippen LogP contribution in [0.4, 0.5) is 0 Å². The van der Waals surface area contributed by atoms with E-state index in [1.807, 2.05) is 33.8 Å². The zero-order valence-electron chi connectivity index (χ0n) is 17.0. The first-order chi connectivity index (χ1) is 13.7. The lowest BCUT2D eigenvalue weighted by atomic mass is 9.98. The third-order valence-electron chi connectivity index (χ3n) is 5.17. The van der Waals surface area contributed by atoms with Gasteiger partial charge in [0.1, 0.15) is 0 Å². The summed E-state index contributed by atoms with van der Waals surface area (Å²) in [5, 5.41) is 0. The quantitative estimate of drug-likeness (QED) is 0.427. The number of aryl methyl sites for hydroxylation is 4. The summed E-state index contributed by atoms with van der Waals surface area (Å²) < 4.78 is 5.07. The van der Waals surface area contributed by atoms with Gasteiger partial charge in [0, 0.05) is 12.1 Å². The van der Waals surface area contributed by atoms with E-state index < -0.39 is 17.8 Å².